The molecule has 1 N–H and O–H groups in total. The number of aliphatic hydroxyl groups is 1. The largest absolute Gasteiger partial charge is 0.392 e. The molecule has 0 amide bonds. The molecular weight excluding hydrogens is 154 g/mol. The Bertz CT molecular complexity index is 257. The van der Waals surface area contributed by atoms with Crippen LogP contribution in [0.4, 0.5) is 0 Å². The normalized spacial score (nSPS) is 12.8. The lowest BCUT2D eigenvalue weighted by Gasteiger charge is -2.05. The Morgan fingerprint density at radius 1 is 1.83 bits per heavy atom. The van der Waals surface area contributed by atoms with E-state index in [9.17, 15) is 5.11 Å². The minimum atomic E-state index is -0.398. The van der Waals surface area contributed by atoms with Crippen molar-refractivity contribution in [2.45, 2.75) is 18.9 Å². The summed E-state index contributed by atoms with van der Waals surface area (Å²) in [5.41, 5.74) is 0. The smallest absolute Gasteiger partial charge is 0.138 e. The second-order valence-electron chi connectivity index (χ2n) is 2.68. The van der Waals surface area contributed by atoms with Crippen molar-refractivity contribution in [2.24, 2.45) is 7.05 Å². The van der Waals surface area contributed by atoms with E-state index < -0.39 is 6.10 Å². The molecule has 0 aromatic carbocycles. The molecule has 1 rings (SSSR count). The van der Waals surface area contributed by atoms with Gasteiger partial charge in [0, 0.05) is 13.5 Å². The average molecular weight is 167 g/mol. The van der Waals surface area contributed by atoms with Crippen molar-refractivity contribution in [1.29, 1.82) is 0 Å². The van der Waals surface area contributed by atoms with Crippen LogP contribution in [-0.4, -0.2) is 26.0 Å². The van der Waals surface area contributed by atoms with Crippen LogP contribution in [0.3, 0.4) is 0 Å². The van der Waals surface area contributed by atoms with Gasteiger partial charge in [0.15, 0.2) is 0 Å². The van der Waals surface area contributed by atoms with Crippen molar-refractivity contribution < 1.29 is 5.11 Å². The molecule has 66 valence electrons. The maximum Gasteiger partial charge on any atom is 0.138 e. The first-order valence-corrected chi connectivity index (χ1v) is 3.86. The van der Waals surface area contributed by atoms with Gasteiger partial charge in [-0.2, -0.15) is 5.10 Å². The third-order valence-electron chi connectivity index (χ3n) is 1.66. The van der Waals surface area contributed by atoms with Crippen LogP contribution in [0, 0.1) is 0 Å². The highest BCUT2D eigenvalue weighted by Gasteiger charge is 2.07. The van der Waals surface area contributed by atoms with E-state index in [0.717, 1.165) is 5.82 Å². The topological polar surface area (TPSA) is 50.9 Å². The molecule has 1 atom stereocenters. The first-order chi connectivity index (χ1) is 5.74. The molecule has 0 saturated carbocycles. The summed E-state index contributed by atoms with van der Waals surface area (Å²) in [5, 5.41) is 13.3. The molecule has 4 heteroatoms. The maximum atomic E-state index is 9.39. The van der Waals surface area contributed by atoms with Gasteiger partial charge in [0.1, 0.15) is 12.2 Å². The second-order valence-corrected chi connectivity index (χ2v) is 2.68. The van der Waals surface area contributed by atoms with Gasteiger partial charge in [-0.3, -0.25) is 4.68 Å². The summed E-state index contributed by atoms with van der Waals surface area (Å²) in [5.74, 6) is 0.796. The highest BCUT2D eigenvalue weighted by molar-refractivity contribution is 4.88. The van der Waals surface area contributed by atoms with Crippen LogP contribution in [0.25, 0.3) is 0 Å². The highest BCUT2D eigenvalue weighted by atomic mass is 16.3. The fraction of sp³-hybridized carbons (Fsp3) is 0.500. The molecule has 0 radical (unpaired) electrons. The van der Waals surface area contributed by atoms with E-state index in [4.69, 9.17) is 0 Å². The molecule has 12 heavy (non-hydrogen) atoms. The predicted molar refractivity (Wildman–Crippen MR) is 45.5 cm³/mol. The minimum absolute atomic E-state index is 0.398. The molecule has 0 spiro atoms. The van der Waals surface area contributed by atoms with E-state index in [2.05, 4.69) is 16.7 Å². The molecule has 0 fully saturated rings. The molecule has 1 unspecified atom stereocenters. The van der Waals surface area contributed by atoms with Crippen LogP contribution < -0.4 is 0 Å². The van der Waals surface area contributed by atoms with Crippen molar-refractivity contribution >= 4 is 0 Å². The predicted octanol–water partition coefficient (Wildman–Crippen LogP) is 0.295. The lowest BCUT2D eigenvalue weighted by Crippen LogP contribution is -2.13. The molecule has 0 aliphatic rings. The van der Waals surface area contributed by atoms with Crippen molar-refractivity contribution in [3.63, 3.8) is 0 Å². The lowest BCUT2D eigenvalue weighted by molar-refractivity contribution is 0.174. The van der Waals surface area contributed by atoms with E-state index >= 15 is 0 Å². The van der Waals surface area contributed by atoms with Crippen LogP contribution in [-0.2, 0) is 13.5 Å². The fourth-order valence-electron chi connectivity index (χ4n) is 0.991. The van der Waals surface area contributed by atoms with Crippen molar-refractivity contribution in [2.75, 3.05) is 0 Å². The van der Waals surface area contributed by atoms with Crippen molar-refractivity contribution in [1.82, 2.24) is 14.8 Å². The number of hydrogen-bond acceptors (Lipinski definition) is 3. The van der Waals surface area contributed by atoms with Gasteiger partial charge < -0.3 is 5.11 Å². The minimum Gasteiger partial charge on any atom is -0.392 e. The Balaban J connectivity index is 2.51. The third kappa shape index (κ3) is 2.17. The van der Waals surface area contributed by atoms with Crippen LogP contribution in [0.5, 0.6) is 0 Å². The summed E-state index contributed by atoms with van der Waals surface area (Å²) in [6, 6.07) is 0. The molecule has 4 nitrogen and oxygen atoms in total. The molecule has 0 aliphatic heterocycles. The Hall–Kier alpha value is -1.16. The molecular formula is C8H13N3O. The summed E-state index contributed by atoms with van der Waals surface area (Å²) in [6.07, 6.45) is 3.90. The fourth-order valence-corrected chi connectivity index (χ4v) is 0.991. The number of hydrogen-bond donors (Lipinski definition) is 1. The average Bonchev–Trinajstić information content (AvgIpc) is 2.37. The molecule has 0 saturated heterocycles. The number of aliphatic hydroxyl groups excluding tert-OH is 1. The first kappa shape index (κ1) is 8.93. The zero-order valence-electron chi connectivity index (χ0n) is 7.14. The second kappa shape index (κ2) is 4.01. The van der Waals surface area contributed by atoms with Gasteiger partial charge >= 0.3 is 0 Å². The molecule has 0 aliphatic carbocycles. The quantitative estimate of drug-likeness (QED) is 0.656. The van der Waals surface area contributed by atoms with Gasteiger partial charge in [-0.05, 0) is 6.42 Å². The van der Waals surface area contributed by atoms with Gasteiger partial charge in [0.05, 0.1) is 6.10 Å². The summed E-state index contributed by atoms with van der Waals surface area (Å²) >= 11 is 0. The van der Waals surface area contributed by atoms with E-state index in [1.807, 2.05) is 7.05 Å². The monoisotopic (exact) mass is 167 g/mol. The van der Waals surface area contributed by atoms with Crippen LogP contribution in [0.2, 0.25) is 0 Å². The van der Waals surface area contributed by atoms with Gasteiger partial charge in [-0.1, -0.05) is 6.08 Å². The van der Waals surface area contributed by atoms with E-state index in [1.54, 1.807) is 10.8 Å². The van der Waals surface area contributed by atoms with E-state index in [1.165, 1.54) is 6.33 Å². The number of aromatic nitrogens is 3. The highest BCUT2D eigenvalue weighted by Crippen LogP contribution is 2.01. The summed E-state index contributed by atoms with van der Waals surface area (Å²) < 4.78 is 1.66. The first-order valence-electron chi connectivity index (χ1n) is 3.86. The maximum absolute atomic E-state index is 9.39. The lowest BCUT2D eigenvalue weighted by atomic mass is 10.2. The Labute approximate surface area is 71.6 Å². The number of aryl methyl sites for hydroxylation is 1. The van der Waals surface area contributed by atoms with Gasteiger partial charge in [0.25, 0.3) is 0 Å². The summed E-state index contributed by atoms with van der Waals surface area (Å²) in [4.78, 5) is 4.00. The van der Waals surface area contributed by atoms with Gasteiger partial charge in [0.2, 0.25) is 0 Å². The van der Waals surface area contributed by atoms with E-state index in [-0.39, 0.29) is 0 Å². The Kier molecular flexibility index (Phi) is 2.99. The van der Waals surface area contributed by atoms with E-state index in [0.29, 0.717) is 12.8 Å². The Morgan fingerprint density at radius 3 is 3.08 bits per heavy atom. The Morgan fingerprint density at radius 2 is 2.58 bits per heavy atom. The van der Waals surface area contributed by atoms with Crippen molar-refractivity contribution in [3.05, 3.63) is 24.8 Å². The molecule has 0 bridgehead atoms. The molecule has 1 aromatic heterocycles. The molecule has 1 aromatic rings. The third-order valence-corrected chi connectivity index (χ3v) is 1.66. The van der Waals surface area contributed by atoms with Gasteiger partial charge in [-0.15, -0.1) is 6.58 Å². The van der Waals surface area contributed by atoms with Crippen LogP contribution >= 0.6 is 0 Å². The van der Waals surface area contributed by atoms with Gasteiger partial charge in [-0.25, -0.2) is 4.98 Å². The summed E-state index contributed by atoms with van der Waals surface area (Å²) in [6.45, 7) is 3.55. The number of nitrogens with zero attached hydrogens (tertiary/aromatic N) is 3. The zero-order valence-corrected chi connectivity index (χ0v) is 7.14. The molecule has 1 heterocycles. The van der Waals surface area contributed by atoms with Crippen LogP contribution in [0.1, 0.15) is 12.2 Å². The standard InChI is InChI=1S/C8H13N3O/c1-3-4-7(12)5-8-9-6-10-11(8)2/h3,6-7,12H,1,4-5H2,2H3. The van der Waals surface area contributed by atoms with Crippen LogP contribution in [0.15, 0.2) is 19.0 Å². The SMILES string of the molecule is C=CCC(O)Cc1ncnn1C. The number of rotatable bonds is 4. The summed E-state index contributed by atoms with van der Waals surface area (Å²) in [7, 11) is 1.81. The van der Waals surface area contributed by atoms with Crippen molar-refractivity contribution in [3.8, 4) is 0 Å². The zero-order chi connectivity index (χ0) is 8.97.